The second-order valence-electron chi connectivity index (χ2n) is 8.03. The van der Waals surface area contributed by atoms with Crippen molar-refractivity contribution in [1.82, 2.24) is 14.9 Å². The Hall–Kier alpha value is -2.54. The monoisotopic (exact) mass is 393 g/mol. The van der Waals surface area contributed by atoms with Gasteiger partial charge in [0.15, 0.2) is 0 Å². The fourth-order valence-electron chi connectivity index (χ4n) is 3.74. The molecule has 1 aliphatic heterocycles. The van der Waals surface area contributed by atoms with Gasteiger partial charge in [-0.2, -0.15) is 0 Å². The first-order valence-electron chi connectivity index (χ1n) is 9.85. The average molecular weight is 393 g/mol. The molecule has 6 nitrogen and oxygen atoms in total. The van der Waals surface area contributed by atoms with Crippen LogP contribution in [0.2, 0.25) is 0 Å². The van der Waals surface area contributed by atoms with E-state index in [2.05, 4.69) is 40.0 Å². The molecule has 0 bridgehead atoms. The molecular formula is C23H27N3O3. The number of likely N-dealkylation sites (tertiary alicyclic amines) is 1. The van der Waals surface area contributed by atoms with Crippen LogP contribution >= 0.6 is 0 Å². The zero-order valence-electron chi connectivity index (χ0n) is 17.1. The summed E-state index contributed by atoms with van der Waals surface area (Å²) < 4.78 is 11.3. The van der Waals surface area contributed by atoms with E-state index in [1.165, 1.54) is 0 Å². The molecule has 29 heavy (non-hydrogen) atoms. The first-order chi connectivity index (χ1) is 13.9. The van der Waals surface area contributed by atoms with Gasteiger partial charge in [0, 0.05) is 44.7 Å². The smallest absolute Gasteiger partial charge is 0.125 e. The molecule has 0 radical (unpaired) electrons. The van der Waals surface area contributed by atoms with Crippen molar-refractivity contribution in [3.05, 3.63) is 54.6 Å². The lowest BCUT2D eigenvalue weighted by Gasteiger charge is -2.47. The van der Waals surface area contributed by atoms with Gasteiger partial charge in [-0.3, -0.25) is 4.90 Å². The Morgan fingerprint density at radius 2 is 1.79 bits per heavy atom. The minimum absolute atomic E-state index is 0.0842. The lowest BCUT2D eigenvalue weighted by atomic mass is 9.96. The predicted octanol–water partition coefficient (Wildman–Crippen LogP) is 3.07. The molecule has 1 aliphatic rings. The van der Waals surface area contributed by atoms with Gasteiger partial charge >= 0.3 is 0 Å². The van der Waals surface area contributed by atoms with E-state index in [1.807, 2.05) is 37.5 Å². The van der Waals surface area contributed by atoms with Crippen LogP contribution in [0.1, 0.15) is 12.7 Å². The molecule has 152 valence electrons. The topological polar surface area (TPSA) is 67.7 Å². The highest BCUT2D eigenvalue weighted by Crippen LogP contribution is 2.27. The van der Waals surface area contributed by atoms with Crippen molar-refractivity contribution in [3.8, 4) is 16.9 Å². The maximum atomic E-state index is 10.3. The Kier molecular flexibility index (Phi) is 5.50. The third-order valence-corrected chi connectivity index (χ3v) is 5.45. The maximum absolute atomic E-state index is 10.3. The molecule has 3 aromatic rings. The van der Waals surface area contributed by atoms with Crippen LogP contribution in [-0.4, -0.2) is 65.0 Å². The number of aromatic nitrogens is 2. The van der Waals surface area contributed by atoms with Crippen LogP contribution in [0.3, 0.4) is 0 Å². The van der Waals surface area contributed by atoms with Gasteiger partial charge in [0.05, 0.1) is 5.60 Å². The summed E-state index contributed by atoms with van der Waals surface area (Å²) in [6, 6.07) is 12.2. The predicted molar refractivity (Wildman–Crippen MR) is 113 cm³/mol. The number of benzene rings is 2. The van der Waals surface area contributed by atoms with Crippen molar-refractivity contribution >= 4 is 10.8 Å². The number of β-amino-alcohol motifs (C(OH)–C–C–N with tert-alkyl or cyclic N) is 1. The minimum Gasteiger partial charge on any atom is -0.491 e. The van der Waals surface area contributed by atoms with Gasteiger partial charge in [-0.1, -0.05) is 18.2 Å². The van der Waals surface area contributed by atoms with Crippen LogP contribution in [0, 0.1) is 6.92 Å². The number of rotatable bonds is 7. The summed E-state index contributed by atoms with van der Waals surface area (Å²) in [5, 5.41) is 12.5. The van der Waals surface area contributed by atoms with E-state index in [4.69, 9.17) is 9.47 Å². The molecule has 1 fully saturated rings. The molecule has 1 N–H and O–H groups in total. The van der Waals surface area contributed by atoms with Crippen molar-refractivity contribution < 1.29 is 14.6 Å². The van der Waals surface area contributed by atoms with E-state index in [0.717, 1.165) is 46.6 Å². The van der Waals surface area contributed by atoms with Crippen molar-refractivity contribution in [2.45, 2.75) is 25.6 Å². The molecule has 1 unspecified atom stereocenters. The lowest BCUT2D eigenvalue weighted by Crippen LogP contribution is -2.62. The van der Waals surface area contributed by atoms with Gasteiger partial charge in [-0.25, -0.2) is 9.97 Å². The fourth-order valence-corrected chi connectivity index (χ4v) is 3.74. The Balaban J connectivity index is 1.39. The summed E-state index contributed by atoms with van der Waals surface area (Å²) in [5.74, 6) is 1.51. The molecule has 1 aromatic heterocycles. The zero-order valence-corrected chi connectivity index (χ0v) is 17.1. The molecule has 6 heteroatoms. The highest BCUT2D eigenvalue weighted by molar-refractivity contribution is 5.88. The summed E-state index contributed by atoms with van der Waals surface area (Å²) in [7, 11) is 1.73. The summed E-state index contributed by atoms with van der Waals surface area (Å²) in [6.07, 6.45) is 3.14. The third kappa shape index (κ3) is 4.56. The second kappa shape index (κ2) is 8.06. The normalized spacial score (nSPS) is 17.1. The summed E-state index contributed by atoms with van der Waals surface area (Å²) >= 11 is 0. The Morgan fingerprint density at radius 3 is 2.52 bits per heavy atom. The molecular weight excluding hydrogens is 366 g/mol. The first-order valence-corrected chi connectivity index (χ1v) is 9.85. The van der Waals surface area contributed by atoms with Crippen molar-refractivity contribution in [1.29, 1.82) is 0 Å². The van der Waals surface area contributed by atoms with E-state index in [0.29, 0.717) is 6.54 Å². The number of fused-ring (bicyclic) bond motifs is 1. The molecule has 4 rings (SSSR count). The Bertz CT molecular complexity index is 984. The number of ether oxygens (including phenoxy) is 2. The average Bonchev–Trinajstić information content (AvgIpc) is 2.71. The lowest BCUT2D eigenvalue weighted by molar-refractivity contribution is -0.121. The Morgan fingerprint density at radius 1 is 1.07 bits per heavy atom. The van der Waals surface area contributed by atoms with Crippen LogP contribution in [0.5, 0.6) is 5.75 Å². The summed E-state index contributed by atoms with van der Waals surface area (Å²) in [6.45, 7) is 6.48. The molecule has 0 aliphatic carbocycles. The van der Waals surface area contributed by atoms with E-state index in [1.54, 1.807) is 7.11 Å². The van der Waals surface area contributed by atoms with Gasteiger partial charge in [-0.15, -0.1) is 0 Å². The fraction of sp³-hybridized carbons (Fsp3) is 0.391. The summed E-state index contributed by atoms with van der Waals surface area (Å²) in [5.41, 5.74) is 1.96. The molecule has 2 heterocycles. The van der Waals surface area contributed by atoms with E-state index < -0.39 is 6.10 Å². The van der Waals surface area contributed by atoms with Crippen LogP contribution < -0.4 is 4.74 Å². The number of aliphatic hydroxyl groups is 1. The maximum Gasteiger partial charge on any atom is 0.125 e. The number of hydrogen-bond acceptors (Lipinski definition) is 6. The van der Waals surface area contributed by atoms with E-state index in [-0.39, 0.29) is 12.2 Å². The van der Waals surface area contributed by atoms with Gasteiger partial charge in [0.25, 0.3) is 0 Å². The molecule has 0 amide bonds. The minimum atomic E-state index is -0.539. The van der Waals surface area contributed by atoms with Gasteiger partial charge < -0.3 is 14.6 Å². The highest BCUT2D eigenvalue weighted by atomic mass is 16.5. The molecule has 0 saturated carbocycles. The molecule has 1 saturated heterocycles. The van der Waals surface area contributed by atoms with Crippen LogP contribution in [0.4, 0.5) is 0 Å². The van der Waals surface area contributed by atoms with Gasteiger partial charge in [-0.05, 0) is 48.4 Å². The standard InChI is InChI=1S/C23H27N3O3/c1-16-24-10-20(11-25-16)18-5-4-17-6-7-22(9-19(17)8-18)29-13-21(27)12-26-14-23(2,15-26)28-3/h4-11,21,27H,12-15H2,1-3H3. The van der Waals surface area contributed by atoms with Crippen LogP contribution in [-0.2, 0) is 4.74 Å². The molecule has 0 spiro atoms. The molecule has 1 atom stereocenters. The third-order valence-electron chi connectivity index (χ3n) is 5.45. The number of aryl methyl sites for hydroxylation is 1. The van der Waals surface area contributed by atoms with Crippen LogP contribution in [0.15, 0.2) is 48.8 Å². The number of aliphatic hydroxyl groups excluding tert-OH is 1. The van der Waals surface area contributed by atoms with Crippen molar-refractivity contribution in [2.24, 2.45) is 0 Å². The first kappa shape index (κ1) is 19.8. The zero-order chi connectivity index (χ0) is 20.4. The Labute approximate surface area is 171 Å². The van der Waals surface area contributed by atoms with Crippen molar-refractivity contribution in [3.63, 3.8) is 0 Å². The van der Waals surface area contributed by atoms with E-state index in [9.17, 15) is 5.11 Å². The van der Waals surface area contributed by atoms with Gasteiger partial charge in [0.1, 0.15) is 24.3 Å². The number of nitrogens with zero attached hydrogens (tertiary/aromatic N) is 3. The molecule has 2 aromatic carbocycles. The van der Waals surface area contributed by atoms with Crippen molar-refractivity contribution in [2.75, 3.05) is 33.4 Å². The van der Waals surface area contributed by atoms with Crippen LogP contribution in [0.25, 0.3) is 21.9 Å². The highest BCUT2D eigenvalue weighted by Gasteiger charge is 2.39. The van der Waals surface area contributed by atoms with E-state index >= 15 is 0 Å². The second-order valence-corrected chi connectivity index (χ2v) is 8.03. The largest absolute Gasteiger partial charge is 0.491 e. The summed E-state index contributed by atoms with van der Waals surface area (Å²) in [4.78, 5) is 10.7. The number of methoxy groups -OCH3 is 1. The quantitative estimate of drug-likeness (QED) is 0.665. The number of hydrogen-bond donors (Lipinski definition) is 1. The SMILES string of the molecule is COC1(C)CN(CC(O)COc2ccc3ccc(-c4cnc(C)nc4)cc3c2)C1. The van der Waals surface area contributed by atoms with Gasteiger partial charge in [0.2, 0.25) is 0 Å².